The Labute approximate surface area is 99.4 Å². The molecule has 3 fully saturated rings. The predicted octanol–water partition coefficient (Wildman–Crippen LogP) is 1.92. The zero-order valence-electron chi connectivity index (χ0n) is 10.2. The van der Waals surface area contributed by atoms with Crippen LogP contribution in [0.3, 0.4) is 0 Å². The van der Waals surface area contributed by atoms with Gasteiger partial charge in [-0.2, -0.15) is 12.6 Å². The maximum Gasteiger partial charge on any atom is 0.0415 e. The summed E-state index contributed by atoms with van der Waals surface area (Å²) in [6.45, 7) is 10.9. The topological polar surface area (TPSA) is 6.48 Å². The predicted molar refractivity (Wildman–Crippen MR) is 68.3 cm³/mol. The zero-order valence-corrected chi connectivity index (χ0v) is 11.1. The van der Waals surface area contributed by atoms with Gasteiger partial charge in [0.1, 0.15) is 0 Å². The van der Waals surface area contributed by atoms with E-state index in [-0.39, 0.29) is 0 Å². The fourth-order valence-corrected chi connectivity index (χ4v) is 3.58. The molecule has 2 nitrogen and oxygen atoms in total. The Kier molecular flexibility index (Phi) is 3.63. The van der Waals surface area contributed by atoms with Crippen molar-refractivity contribution in [3.8, 4) is 0 Å². The summed E-state index contributed by atoms with van der Waals surface area (Å²) in [6.07, 6.45) is 1.41. The summed E-state index contributed by atoms with van der Waals surface area (Å²) in [5.41, 5.74) is 0. The second-order valence-electron chi connectivity index (χ2n) is 5.61. The van der Waals surface area contributed by atoms with Gasteiger partial charge in [0.2, 0.25) is 0 Å². The van der Waals surface area contributed by atoms with Crippen LogP contribution in [0.4, 0.5) is 0 Å². The van der Waals surface area contributed by atoms with E-state index in [1.165, 1.54) is 26.1 Å². The van der Waals surface area contributed by atoms with Gasteiger partial charge in [-0.05, 0) is 32.1 Å². The number of piperidine rings is 1. The molecular weight excluding hydrogens is 204 g/mol. The van der Waals surface area contributed by atoms with Crippen molar-refractivity contribution in [2.24, 2.45) is 11.8 Å². The second kappa shape index (κ2) is 4.64. The minimum Gasteiger partial charge on any atom is -0.296 e. The number of rotatable bonds is 2. The molecule has 0 aromatic heterocycles. The smallest absolute Gasteiger partial charge is 0.0415 e. The van der Waals surface area contributed by atoms with Crippen molar-refractivity contribution in [1.82, 2.24) is 9.80 Å². The molecule has 0 amide bonds. The van der Waals surface area contributed by atoms with Crippen LogP contribution in [0, 0.1) is 11.8 Å². The number of nitrogens with zero attached hydrogens (tertiary/aromatic N) is 2. The van der Waals surface area contributed by atoms with Gasteiger partial charge in [0.15, 0.2) is 0 Å². The Morgan fingerprint density at radius 3 is 2.60 bits per heavy atom. The van der Waals surface area contributed by atoms with E-state index in [9.17, 15) is 0 Å². The SMILES string of the molecule is CC1CC2CN(CS)CC1N(C(C)C)C2. The summed E-state index contributed by atoms with van der Waals surface area (Å²) in [7, 11) is 0. The number of fused-ring (bicyclic) bond motifs is 4. The van der Waals surface area contributed by atoms with E-state index in [1.54, 1.807) is 0 Å². The highest BCUT2D eigenvalue weighted by Crippen LogP contribution is 2.33. The van der Waals surface area contributed by atoms with Crippen LogP contribution < -0.4 is 0 Å². The summed E-state index contributed by atoms with van der Waals surface area (Å²) < 4.78 is 0. The lowest BCUT2D eigenvalue weighted by Gasteiger charge is -2.43. The molecule has 3 saturated heterocycles. The minimum absolute atomic E-state index is 0.695. The normalized spacial score (nSPS) is 38.6. The maximum atomic E-state index is 4.44. The molecule has 0 aromatic carbocycles. The van der Waals surface area contributed by atoms with Crippen molar-refractivity contribution in [3.63, 3.8) is 0 Å². The second-order valence-corrected chi connectivity index (χ2v) is 5.90. The van der Waals surface area contributed by atoms with Crippen LogP contribution in [0.25, 0.3) is 0 Å². The number of hydrogen-bond acceptors (Lipinski definition) is 3. The van der Waals surface area contributed by atoms with Gasteiger partial charge in [0.25, 0.3) is 0 Å². The summed E-state index contributed by atoms with van der Waals surface area (Å²) in [5.74, 6) is 2.65. The molecule has 3 unspecified atom stereocenters. The third-order valence-electron chi connectivity index (χ3n) is 4.08. The van der Waals surface area contributed by atoms with Crippen molar-refractivity contribution in [1.29, 1.82) is 0 Å². The molecule has 3 heteroatoms. The Bertz CT molecular complexity index is 220. The van der Waals surface area contributed by atoms with Gasteiger partial charge in [-0.15, -0.1) is 0 Å². The highest BCUT2D eigenvalue weighted by Gasteiger charge is 2.39. The van der Waals surface area contributed by atoms with Gasteiger partial charge in [-0.1, -0.05) is 6.92 Å². The van der Waals surface area contributed by atoms with E-state index in [0.29, 0.717) is 6.04 Å². The van der Waals surface area contributed by atoms with Gasteiger partial charge in [0, 0.05) is 37.6 Å². The van der Waals surface area contributed by atoms with E-state index in [1.807, 2.05) is 0 Å². The summed E-state index contributed by atoms with van der Waals surface area (Å²) in [4.78, 5) is 5.23. The minimum atomic E-state index is 0.695. The zero-order chi connectivity index (χ0) is 11.0. The van der Waals surface area contributed by atoms with Crippen molar-refractivity contribution in [3.05, 3.63) is 0 Å². The molecule has 88 valence electrons. The summed E-state index contributed by atoms with van der Waals surface area (Å²) in [6, 6.07) is 1.45. The Morgan fingerprint density at radius 2 is 2.00 bits per heavy atom. The van der Waals surface area contributed by atoms with E-state index in [0.717, 1.165) is 23.8 Å². The molecule has 3 aliphatic heterocycles. The van der Waals surface area contributed by atoms with Gasteiger partial charge >= 0.3 is 0 Å². The first-order valence-electron chi connectivity index (χ1n) is 6.20. The number of thiol groups is 1. The molecule has 2 bridgehead atoms. The first kappa shape index (κ1) is 11.7. The molecule has 0 spiro atoms. The molecule has 0 aromatic rings. The lowest BCUT2D eigenvalue weighted by Crippen LogP contribution is -2.51. The highest BCUT2D eigenvalue weighted by atomic mass is 32.1. The molecule has 3 atom stereocenters. The first-order valence-corrected chi connectivity index (χ1v) is 6.84. The van der Waals surface area contributed by atoms with E-state index in [4.69, 9.17) is 0 Å². The molecule has 0 radical (unpaired) electrons. The highest BCUT2D eigenvalue weighted by molar-refractivity contribution is 7.80. The molecular formula is C12H24N2S. The Balaban J connectivity index is 2.15. The molecule has 3 heterocycles. The van der Waals surface area contributed by atoms with Crippen LogP contribution in [0.2, 0.25) is 0 Å². The van der Waals surface area contributed by atoms with Crippen LogP contribution in [-0.4, -0.2) is 47.4 Å². The van der Waals surface area contributed by atoms with Gasteiger partial charge in [-0.25, -0.2) is 0 Å². The van der Waals surface area contributed by atoms with Crippen molar-refractivity contribution >= 4 is 12.6 Å². The Hall–Kier alpha value is 0.270. The Morgan fingerprint density at radius 1 is 1.27 bits per heavy atom. The first-order chi connectivity index (χ1) is 7.11. The van der Waals surface area contributed by atoms with E-state index >= 15 is 0 Å². The molecule has 0 N–H and O–H groups in total. The summed E-state index contributed by atoms with van der Waals surface area (Å²) in [5, 5.41) is 0. The lowest BCUT2D eigenvalue weighted by atomic mass is 9.85. The molecule has 15 heavy (non-hydrogen) atoms. The van der Waals surface area contributed by atoms with Crippen LogP contribution in [-0.2, 0) is 0 Å². The fourth-order valence-electron chi connectivity index (χ4n) is 3.35. The van der Waals surface area contributed by atoms with Crippen LogP contribution >= 0.6 is 12.6 Å². The molecule has 3 rings (SSSR count). The average molecular weight is 228 g/mol. The quantitative estimate of drug-likeness (QED) is 0.722. The average Bonchev–Trinajstić information content (AvgIpc) is 2.45. The van der Waals surface area contributed by atoms with Crippen LogP contribution in [0.15, 0.2) is 0 Å². The third kappa shape index (κ3) is 2.34. The maximum absolute atomic E-state index is 4.44. The fraction of sp³-hybridized carbons (Fsp3) is 1.00. The van der Waals surface area contributed by atoms with Gasteiger partial charge in [-0.3, -0.25) is 9.80 Å². The molecule has 3 aliphatic rings. The van der Waals surface area contributed by atoms with Crippen molar-refractivity contribution < 1.29 is 0 Å². The molecule has 0 aliphatic carbocycles. The molecule has 0 saturated carbocycles. The number of hydrogen-bond donors (Lipinski definition) is 1. The van der Waals surface area contributed by atoms with Gasteiger partial charge < -0.3 is 0 Å². The van der Waals surface area contributed by atoms with Crippen LogP contribution in [0.5, 0.6) is 0 Å². The third-order valence-corrected chi connectivity index (χ3v) is 4.48. The van der Waals surface area contributed by atoms with Crippen LogP contribution in [0.1, 0.15) is 27.2 Å². The van der Waals surface area contributed by atoms with Gasteiger partial charge in [0.05, 0.1) is 0 Å². The standard InChI is InChI=1S/C12H24N2S/c1-9(2)14-6-11-4-10(3)12(14)7-13(5-11)8-15/h9-12,15H,4-8H2,1-3H3. The largest absolute Gasteiger partial charge is 0.296 e. The van der Waals surface area contributed by atoms with E-state index < -0.39 is 0 Å². The monoisotopic (exact) mass is 228 g/mol. The lowest BCUT2D eigenvalue weighted by molar-refractivity contribution is 0.0585. The summed E-state index contributed by atoms with van der Waals surface area (Å²) >= 11 is 4.44. The van der Waals surface area contributed by atoms with E-state index in [2.05, 4.69) is 43.2 Å². The van der Waals surface area contributed by atoms with Crippen molar-refractivity contribution in [2.75, 3.05) is 25.5 Å². The van der Waals surface area contributed by atoms with Crippen molar-refractivity contribution in [2.45, 2.75) is 39.3 Å².